The van der Waals surface area contributed by atoms with Crippen molar-refractivity contribution >= 4 is 21.7 Å². The summed E-state index contributed by atoms with van der Waals surface area (Å²) in [6, 6.07) is 12.1. The number of benzene rings is 2. The van der Waals surface area contributed by atoms with Crippen LogP contribution in [0.5, 0.6) is 5.75 Å². The maximum atomic E-state index is 12.3. The van der Waals surface area contributed by atoms with Gasteiger partial charge in [-0.25, -0.2) is 13.2 Å². The lowest BCUT2D eigenvalue weighted by atomic mass is 10.2. The summed E-state index contributed by atoms with van der Waals surface area (Å²) in [5.74, 6) is -0.112. The molecule has 0 radical (unpaired) electrons. The van der Waals surface area contributed by atoms with E-state index in [4.69, 9.17) is 4.74 Å². The molecule has 0 spiro atoms. The highest BCUT2D eigenvalue weighted by Gasteiger charge is 2.17. The zero-order valence-corrected chi connectivity index (χ0v) is 12.9. The van der Waals surface area contributed by atoms with Gasteiger partial charge in [0.1, 0.15) is 5.75 Å². The van der Waals surface area contributed by atoms with Gasteiger partial charge in [0.25, 0.3) is 10.0 Å². The monoisotopic (exact) mass is 321 g/mol. The summed E-state index contributed by atoms with van der Waals surface area (Å²) in [4.78, 5) is 11.4. The third-order valence-electron chi connectivity index (χ3n) is 2.94. The van der Waals surface area contributed by atoms with Gasteiger partial charge in [0.2, 0.25) is 0 Å². The second-order valence-electron chi connectivity index (χ2n) is 4.32. The summed E-state index contributed by atoms with van der Waals surface area (Å²) >= 11 is 0. The molecule has 0 saturated carbocycles. The number of carbonyl (C=O) groups is 1. The number of rotatable bonds is 5. The Morgan fingerprint density at radius 2 is 1.64 bits per heavy atom. The van der Waals surface area contributed by atoms with E-state index in [1.807, 2.05) is 0 Å². The van der Waals surface area contributed by atoms with E-state index in [-0.39, 0.29) is 10.5 Å². The zero-order valence-electron chi connectivity index (χ0n) is 12.1. The van der Waals surface area contributed by atoms with E-state index in [1.165, 1.54) is 38.5 Å². The minimum absolute atomic E-state index is 0.0334. The molecule has 2 aromatic carbocycles. The molecule has 2 aromatic rings. The van der Waals surface area contributed by atoms with Crippen molar-refractivity contribution in [2.45, 2.75) is 4.90 Å². The molecule has 22 heavy (non-hydrogen) atoms. The molecule has 0 bridgehead atoms. The van der Waals surface area contributed by atoms with Crippen molar-refractivity contribution in [3.8, 4) is 5.75 Å². The Hall–Kier alpha value is -2.54. The molecule has 0 aliphatic heterocycles. The first-order valence-electron chi connectivity index (χ1n) is 6.32. The molecule has 7 heteroatoms. The number of ether oxygens (including phenoxy) is 2. The van der Waals surface area contributed by atoms with Crippen molar-refractivity contribution in [1.29, 1.82) is 0 Å². The smallest absolute Gasteiger partial charge is 0.337 e. The number of carbonyl (C=O) groups excluding carboxylic acids is 1. The number of methoxy groups -OCH3 is 2. The summed E-state index contributed by atoms with van der Waals surface area (Å²) in [5.41, 5.74) is 0.612. The van der Waals surface area contributed by atoms with Crippen molar-refractivity contribution in [3.63, 3.8) is 0 Å². The highest BCUT2D eigenvalue weighted by Crippen LogP contribution is 2.26. The lowest BCUT2D eigenvalue weighted by Crippen LogP contribution is -2.14. The van der Waals surface area contributed by atoms with Crippen LogP contribution in [-0.4, -0.2) is 28.6 Å². The Kier molecular flexibility index (Phi) is 4.67. The Labute approximate surface area is 128 Å². The summed E-state index contributed by atoms with van der Waals surface area (Å²) in [6.07, 6.45) is 0. The molecule has 0 amide bonds. The van der Waals surface area contributed by atoms with Crippen LogP contribution in [0.4, 0.5) is 5.69 Å². The van der Waals surface area contributed by atoms with Crippen LogP contribution in [0.2, 0.25) is 0 Å². The number of anilines is 1. The van der Waals surface area contributed by atoms with E-state index < -0.39 is 16.0 Å². The molecule has 0 fully saturated rings. The first kappa shape index (κ1) is 15.8. The van der Waals surface area contributed by atoms with Crippen molar-refractivity contribution in [2.75, 3.05) is 18.9 Å². The molecule has 0 saturated heterocycles. The molecule has 116 valence electrons. The van der Waals surface area contributed by atoms with Gasteiger partial charge < -0.3 is 9.47 Å². The van der Waals surface area contributed by atoms with Crippen molar-refractivity contribution < 1.29 is 22.7 Å². The Balaban J connectivity index is 2.29. The third kappa shape index (κ3) is 3.37. The maximum Gasteiger partial charge on any atom is 0.337 e. The average Bonchev–Trinajstić information content (AvgIpc) is 2.54. The molecule has 0 aliphatic carbocycles. The summed E-state index contributed by atoms with van der Waals surface area (Å²) < 4.78 is 36.8. The number of hydrogen-bond donors (Lipinski definition) is 1. The molecule has 6 nitrogen and oxygen atoms in total. The Morgan fingerprint density at radius 3 is 2.23 bits per heavy atom. The minimum atomic E-state index is -3.78. The molecule has 0 heterocycles. The van der Waals surface area contributed by atoms with Crippen LogP contribution in [0.15, 0.2) is 53.4 Å². The first-order chi connectivity index (χ1) is 10.5. The fourth-order valence-electron chi connectivity index (χ4n) is 1.82. The number of para-hydroxylation sites is 2. The van der Waals surface area contributed by atoms with E-state index in [2.05, 4.69) is 9.46 Å². The number of esters is 1. The van der Waals surface area contributed by atoms with Gasteiger partial charge in [0.05, 0.1) is 30.4 Å². The average molecular weight is 321 g/mol. The van der Waals surface area contributed by atoms with Gasteiger partial charge in [-0.15, -0.1) is 0 Å². The normalized spacial score (nSPS) is 10.8. The number of hydrogen-bond acceptors (Lipinski definition) is 5. The van der Waals surface area contributed by atoms with Gasteiger partial charge in [-0.1, -0.05) is 12.1 Å². The van der Waals surface area contributed by atoms with Crippen molar-refractivity contribution in [2.24, 2.45) is 0 Å². The fraction of sp³-hybridized carbons (Fsp3) is 0.133. The van der Waals surface area contributed by atoms with E-state index in [0.29, 0.717) is 11.4 Å². The molecule has 0 unspecified atom stereocenters. The highest BCUT2D eigenvalue weighted by molar-refractivity contribution is 7.92. The van der Waals surface area contributed by atoms with Crippen molar-refractivity contribution in [3.05, 3.63) is 54.1 Å². The number of sulfonamides is 1. The van der Waals surface area contributed by atoms with Gasteiger partial charge in [0, 0.05) is 0 Å². The minimum Gasteiger partial charge on any atom is -0.495 e. The SMILES string of the molecule is COC(=O)c1ccc(S(=O)(=O)Nc2ccccc2OC)cc1. The van der Waals surface area contributed by atoms with Crippen LogP contribution in [0.1, 0.15) is 10.4 Å². The third-order valence-corrected chi connectivity index (χ3v) is 4.32. The van der Waals surface area contributed by atoms with E-state index in [1.54, 1.807) is 24.3 Å². The molecule has 1 N–H and O–H groups in total. The highest BCUT2D eigenvalue weighted by atomic mass is 32.2. The summed E-state index contributed by atoms with van der Waals surface area (Å²) in [6.45, 7) is 0. The quantitative estimate of drug-likeness (QED) is 0.854. The topological polar surface area (TPSA) is 81.7 Å². The van der Waals surface area contributed by atoms with Crippen LogP contribution in [-0.2, 0) is 14.8 Å². The molecular weight excluding hydrogens is 306 g/mol. The van der Waals surface area contributed by atoms with E-state index >= 15 is 0 Å². The molecule has 0 aromatic heterocycles. The van der Waals surface area contributed by atoms with Crippen LogP contribution < -0.4 is 9.46 Å². The molecule has 2 rings (SSSR count). The number of nitrogens with one attached hydrogen (secondary N) is 1. The second-order valence-corrected chi connectivity index (χ2v) is 6.00. The van der Waals surface area contributed by atoms with Gasteiger partial charge in [0.15, 0.2) is 0 Å². The maximum absolute atomic E-state index is 12.3. The lowest BCUT2D eigenvalue weighted by Gasteiger charge is -2.11. The van der Waals surface area contributed by atoms with Crippen LogP contribution in [0, 0.1) is 0 Å². The predicted octanol–water partition coefficient (Wildman–Crippen LogP) is 2.28. The summed E-state index contributed by atoms with van der Waals surface area (Å²) in [5, 5.41) is 0. The lowest BCUT2D eigenvalue weighted by molar-refractivity contribution is 0.0600. The largest absolute Gasteiger partial charge is 0.495 e. The first-order valence-corrected chi connectivity index (χ1v) is 7.80. The van der Waals surface area contributed by atoms with E-state index in [0.717, 1.165) is 0 Å². The molecule has 0 atom stereocenters. The summed E-state index contributed by atoms with van der Waals surface area (Å²) in [7, 11) is -1.06. The zero-order chi connectivity index (χ0) is 16.2. The molecule has 0 aliphatic rings. The fourth-order valence-corrected chi connectivity index (χ4v) is 2.89. The Morgan fingerprint density at radius 1 is 1.00 bits per heavy atom. The molecular formula is C15H15NO5S. The van der Waals surface area contributed by atoms with Crippen LogP contribution in [0.3, 0.4) is 0 Å². The second kappa shape index (κ2) is 6.48. The van der Waals surface area contributed by atoms with Crippen molar-refractivity contribution in [1.82, 2.24) is 0 Å². The van der Waals surface area contributed by atoms with Crippen LogP contribution in [0.25, 0.3) is 0 Å². The van der Waals surface area contributed by atoms with E-state index in [9.17, 15) is 13.2 Å². The van der Waals surface area contributed by atoms with Gasteiger partial charge in [-0.3, -0.25) is 4.72 Å². The Bertz CT molecular complexity index is 769. The van der Waals surface area contributed by atoms with Gasteiger partial charge >= 0.3 is 5.97 Å². The predicted molar refractivity (Wildman–Crippen MR) is 81.6 cm³/mol. The standard InChI is InChI=1S/C15H15NO5S/c1-20-14-6-4-3-5-13(14)16-22(18,19)12-9-7-11(8-10-12)15(17)21-2/h3-10,16H,1-2H3. The van der Waals surface area contributed by atoms with Gasteiger partial charge in [-0.05, 0) is 36.4 Å². The van der Waals surface area contributed by atoms with Crippen LogP contribution >= 0.6 is 0 Å². The van der Waals surface area contributed by atoms with Gasteiger partial charge in [-0.2, -0.15) is 0 Å².